The number of benzene rings is 2. The minimum atomic E-state index is -0.268. The van der Waals surface area contributed by atoms with E-state index >= 15 is 0 Å². The highest BCUT2D eigenvalue weighted by atomic mass is 16.5. The Kier molecular flexibility index (Phi) is 5.19. The van der Waals surface area contributed by atoms with Crippen LogP contribution in [0.5, 0.6) is 0 Å². The van der Waals surface area contributed by atoms with Crippen LogP contribution in [0.2, 0.25) is 0 Å². The fourth-order valence-corrected chi connectivity index (χ4v) is 3.18. The van der Waals surface area contributed by atoms with Crippen LogP contribution in [0.1, 0.15) is 29.9 Å². The molecule has 1 N–H and O–H groups in total. The van der Waals surface area contributed by atoms with Gasteiger partial charge in [0.15, 0.2) is 6.61 Å². The molecule has 6 nitrogen and oxygen atoms in total. The third-order valence-corrected chi connectivity index (χ3v) is 4.59. The Morgan fingerprint density at radius 1 is 1.14 bits per heavy atom. The van der Waals surface area contributed by atoms with E-state index in [1.165, 1.54) is 10.9 Å². The monoisotopic (exact) mass is 375 g/mol. The molecule has 0 unspecified atom stereocenters. The van der Waals surface area contributed by atoms with Gasteiger partial charge in [0, 0.05) is 29.1 Å². The summed E-state index contributed by atoms with van der Waals surface area (Å²) < 4.78 is 10.8. The summed E-state index contributed by atoms with van der Waals surface area (Å²) in [5.41, 5.74) is 4.28. The fourth-order valence-electron chi connectivity index (χ4n) is 3.18. The van der Waals surface area contributed by atoms with Gasteiger partial charge in [-0.15, -0.1) is 10.2 Å². The van der Waals surface area contributed by atoms with E-state index in [0.29, 0.717) is 18.2 Å². The molecule has 0 fully saturated rings. The molecule has 0 spiro atoms. The third-order valence-electron chi connectivity index (χ3n) is 4.59. The van der Waals surface area contributed by atoms with Crippen LogP contribution in [0.15, 0.2) is 59.1 Å². The Labute approximate surface area is 162 Å². The normalized spacial score (nSPS) is 11.0. The zero-order valence-electron chi connectivity index (χ0n) is 15.6. The molecule has 0 aliphatic heterocycles. The fraction of sp³-hybridized carbons (Fsp3) is 0.227. The number of hydrogen-bond donors (Lipinski definition) is 1. The first-order valence-corrected chi connectivity index (χ1v) is 9.29. The maximum Gasteiger partial charge on any atom is 0.306 e. The Balaban J connectivity index is 1.26. The lowest BCUT2D eigenvalue weighted by molar-refractivity contribution is -0.145. The van der Waals surface area contributed by atoms with Gasteiger partial charge in [0.25, 0.3) is 5.89 Å². The topological polar surface area (TPSA) is 81.0 Å². The molecule has 142 valence electrons. The van der Waals surface area contributed by atoms with E-state index in [0.717, 1.165) is 29.5 Å². The van der Waals surface area contributed by atoms with Crippen LogP contribution >= 0.6 is 0 Å². The van der Waals surface area contributed by atoms with Crippen LogP contribution in [0, 0.1) is 6.92 Å². The summed E-state index contributed by atoms with van der Waals surface area (Å²) in [7, 11) is 0. The quantitative estimate of drug-likeness (QED) is 0.478. The van der Waals surface area contributed by atoms with Gasteiger partial charge in [-0.25, -0.2) is 0 Å². The highest BCUT2D eigenvalue weighted by Gasteiger charge is 2.11. The number of hydrogen-bond acceptors (Lipinski definition) is 5. The molecule has 0 aliphatic carbocycles. The third kappa shape index (κ3) is 4.11. The van der Waals surface area contributed by atoms with Crippen molar-refractivity contribution in [3.05, 3.63) is 71.7 Å². The first-order chi connectivity index (χ1) is 13.7. The highest BCUT2D eigenvalue weighted by Crippen LogP contribution is 2.20. The molecular weight excluding hydrogens is 354 g/mol. The van der Waals surface area contributed by atoms with Gasteiger partial charge in [0.2, 0.25) is 5.89 Å². The van der Waals surface area contributed by atoms with Gasteiger partial charge in [-0.2, -0.15) is 0 Å². The summed E-state index contributed by atoms with van der Waals surface area (Å²) in [5, 5.41) is 9.17. The van der Waals surface area contributed by atoms with Crippen LogP contribution in [0.25, 0.3) is 22.4 Å². The average molecular weight is 375 g/mol. The zero-order chi connectivity index (χ0) is 19.3. The molecule has 2 aromatic heterocycles. The van der Waals surface area contributed by atoms with Crippen molar-refractivity contribution < 1.29 is 13.9 Å². The molecule has 28 heavy (non-hydrogen) atoms. The van der Waals surface area contributed by atoms with E-state index in [1.807, 2.05) is 55.6 Å². The van der Waals surface area contributed by atoms with Crippen LogP contribution in [-0.4, -0.2) is 21.2 Å². The SMILES string of the molecule is Cc1cccc(-c2nnc(COC(=O)CCCc3c[nH]c4ccccc34)o2)c1. The van der Waals surface area contributed by atoms with Gasteiger partial charge < -0.3 is 14.1 Å². The van der Waals surface area contributed by atoms with Crippen LogP contribution in [-0.2, 0) is 22.6 Å². The molecule has 0 atom stereocenters. The Morgan fingerprint density at radius 2 is 2.04 bits per heavy atom. The van der Waals surface area contributed by atoms with E-state index in [4.69, 9.17) is 9.15 Å². The maximum atomic E-state index is 12.0. The molecule has 2 heterocycles. The number of ether oxygens (including phenoxy) is 1. The largest absolute Gasteiger partial charge is 0.456 e. The smallest absolute Gasteiger partial charge is 0.306 e. The lowest BCUT2D eigenvalue weighted by Crippen LogP contribution is -2.05. The molecule has 0 bridgehead atoms. The van der Waals surface area contributed by atoms with Gasteiger partial charge in [-0.3, -0.25) is 4.79 Å². The Bertz CT molecular complexity index is 1100. The molecule has 0 amide bonds. The molecule has 4 aromatic rings. The predicted octanol–water partition coefficient (Wildman–Crippen LogP) is 4.59. The molecule has 0 saturated carbocycles. The number of nitrogens with one attached hydrogen (secondary N) is 1. The lowest BCUT2D eigenvalue weighted by atomic mass is 10.1. The number of esters is 1. The number of carbonyl (C=O) groups is 1. The first-order valence-electron chi connectivity index (χ1n) is 9.29. The number of nitrogens with zero attached hydrogens (tertiary/aromatic N) is 2. The van der Waals surface area contributed by atoms with Crippen molar-refractivity contribution in [2.75, 3.05) is 0 Å². The second kappa shape index (κ2) is 8.08. The number of rotatable bonds is 7. The standard InChI is InChI=1S/C22H21N3O3/c1-15-6-4-7-16(12-15)22-25-24-20(28-22)14-27-21(26)11-5-8-17-13-23-19-10-3-2-9-18(17)19/h2-4,6-7,9-10,12-13,23H,5,8,11,14H2,1H3. The van der Waals surface area contributed by atoms with Crippen molar-refractivity contribution in [2.24, 2.45) is 0 Å². The molecule has 2 aromatic carbocycles. The summed E-state index contributed by atoms with van der Waals surface area (Å²) in [6, 6.07) is 15.9. The summed E-state index contributed by atoms with van der Waals surface area (Å²) in [6.45, 7) is 1.99. The van der Waals surface area contributed by atoms with Crippen LogP contribution in [0.3, 0.4) is 0 Å². The Hall–Kier alpha value is -3.41. The molecule has 4 rings (SSSR count). The van der Waals surface area contributed by atoms with Crippen molar-refractivity contribution >= 4 is 16.9 Å². The minimum absolute atomic E-state index is 0.00919. The number of H-pyrrole nitrogens is 1. The number of aryl methyl sites for hydroxylation is 2. The summed E-state index contributed by atoms with van der Waals surface area (Å²) in [5.74, 6) is 0.450. The van der Waals surface area contributed by atoms with Gasteiger partial charge in [0.05, 0.1) is 0 Å². The van der Waals surface area contributed by atoms with Crippen molar-refractivity contribution in [1.29, 1.82) is 0 Å². The van der Waals surface area contributed by atoms with Crippen LogP contribution < -0.4 is 0 Å². The van der Waals surface area contributed by atoms with E-state index in [-0.39, 0.29) is 12.6 Å². The van der Waals surface area contributed by atoms with E-state index < -0.39 is 0 Å². The zero-order valence-corrected chi connectivity index (χ0v) is 15.6. The second-order valence-corrected chi connectivity index (χ2v) is 6.74. The van der Waals surface area contributed by atoms with Gasteiger partial charge in [-0.1, -0.05) is 35.9 Å². The highest BCUT2D eigenvalue weighted by molar-refractivity contribution is 5.83. The van der Waals surface area contributed by atoms with E-state index in [9.17, 15) is 4.79 Å². The molecular formula is C22H21N3O3. The first kappa shape index (κ1) is 18.0. The van der Waals surface area contributed by atoms with Crippen molar-refractivity contribution in [1.82, 2.24) is 15.2 Å². The number of carbonyl (C=O) groups excluding carboxylic acids is 1. The van der Waals surface area contributed by atoms with E-state index in [1.54, 1.807) is 0 Å². The minimum Gasteiger partial charge on any atom is -0.456 e. The van der Waals surface area contributed by atoms with Crippen LogP contribution in [0.4, 0.5) is 0 Å². The molecule has 6 heteroatoms. The van der Waals surface area contributed by atoms with Gasteiger partial charge >= 0.3 is 5.97 Å². The predicted molar refractivity (Wildman–Crippen MR) is 106 cm³/mol. The Morgan fingerprint density at radius 3 is 2.93 bits per heavy atom. The molecule has 0 radical (unpaired) electrons. The molecule has 0 saturated heterocycles. The van der Waals surface area contributed by atoms with Gasteiger partial charge in [-0.05, 0) is 43.5 Å². The van der Waals surface area contributed by atoms with Crippen molar-refractivity contribution in [2.45, 2.75) is 32.8 Å². The average Bonchev–Trinajstić information content (AvgIpc) is 3.34. The second-order valence-electron chi connectivity index (χ2n) is 6.74. The summed E-state index contributed by atoms with van der Waals surface area (Å²) in [4.78, 5) is 15.3. The number of fused-ring (bicyclic) bond motifs is 1. The van der Waals surface area contributed by atoms with Crippen molar-refractivity contribution in [3.63, 3.8) is 0 Å². The van der Waals surface area contributed by atoms with Gasteiger partial charge in [0.1, 0.15) is 0 Å². The van der Waals surface area contributed by atoms with Crippen molar-refractivity contribution in [3.8, 4) is 11.5 Å². The number of aromatic nitrogens is 3. The molecule has 0 aliphatic rings. The number of para-hydroxylation sites is 1. The van der Waals surface area contributed by atoms with E-state index in [2.05, 4.69) is 21.2 Å². The number of aromatic amines is 1. The maximum absolute atomic E-state index is 12.0. The summed E-state index contributed by atoms with van der Waals surface area (Å²) in [6.07, 6.45) is 3.88. The summed E-state index contributed by atoms with van der Waals surface area (Å²) >= 11 is 0. The lowest BCUT2D eigenvalue weighted by Gasteiger charge is -2.02.